The van der Waals surface area contributed by atoms with Gasteiger partial charge in [0.05, 0.1) is 24.1 Å². The number of imidazole rings is 1. The minimum absolute atomic E-state index is 0.388. The Kier molecular flexibility index (Phi) is 3.01. The Hall–Kier alpha value is -1.46. The van der Waals surface area contributed by atoms with Crippen molar-refractivity contribution in [2.24, 2.45) is 0 Å². The lowest BCUT2D eigenvalue weighted by molar-refractivity contribution is 0.771. The van der Waals surface area contributed by atoms with E-state index in [0.717, 1.165) is 27.6 Å². The molecule has 3 aromatic rings. The molecule has 3 aromatic heterocycles. The Morgan fingerprint density at radius 1 is 1.39 bits per heavy atom. The van der Waals surface area contributed by atoms with E-state index in [2.05, 4.69) is 24.9 Å². The fourth-order valence-corrected chi connectivity index (χ4v) is 2.88. The minimum Gasteiger partial charge on any atom is -0.320 e. The van der Waals surface area contributed by atoms with Crippen LogP contribution >= 0.6 is 22.9 Å². The number of rotatable bonds is 3. The summed E-state index contributed by atoms with van der Waals surface area (Å²) in [5.41, 5.74) is 2.98. The summed E-state index contributed by atoms with van der Waals surface area (Å²) >= 11 is 7.61. The zero-order valence-electron chi connectivity index (χ0n) is 9.80. The molecule has 6 heteroatoms. The van der Waals surface area contributed by atoms with Gasteiger partial charge in [-0.15, -0.1) is 22.9 Å². The molecule has 3 rings (SSSR count). The summed E-state index contributed by atoms with van der Waals surface area (Å²) in [6, 6.07) is 1.96. The fraction of sp³-hybridized carbons (Fsp3) is 0.250. The lowest BCUT2D eigenvalue weighted by Gasteiger charge is -2.04. The normalized spacial score (nSPS) is 11.2. The average Bonchev–Trinajstić information content (AvgIpc) is 2.94. The first-order chi connectivity index (χ1) is 8.78. The summed E-state index contributed by atoms with van der Waals surface area (Å²) in [6.45, 7) is 2.71. The number of hydrogen-bond donors (Lipinski definition) is 0. The molecule has 3 heterocycles. The molecule has 0 saturated carbocycles. The van der Waals surface area contributed by atoms with Crippen molar-refractivity contribution < 1.29 is 0 Å². The molecule has 18 heavy (non-hydrogen) atoms. The Bertz CT molecular complexity index is 688. The van der Waals surface area contributed by atoms with Crippen LogP contribution in [-0.4, -0.2) is 19.5 Å². The first-order valence-corrected chi connectivity index (χ1v) is 6.95. The lowest BCUT2D eigenvalue weighted by atomic mass is 10.4. The van der Waals surface area contributed by atoms with Crippen LogP contribution in [-0.2, 0) is 12.4 Å². The van der Waals surface area contributed by atoms with Gasteiger partial charge in [-0.3, -0.25) is 4.98 Å². The van der Waals surface area contributed by atoms with Gasteiger partial charge in [0.2, 0.25) is 0 Å². The largest absolute Gasteiger partial charge is 0.320 e. The Morgan fingerprint density at radius 3 is 3.00 bits per heavy atom. The van der Waals surface area contributed by atoms with Gasteiger partial charge in [0.1, 0.15) is 16.3 Å². The SMILES string of the molecule is Cc1csc(Cn2c(CCl)nc3cnccc32)n1. The van der Waals surface area contributed by atoms with Gasteiger partial charge in [0.15, 0.2) is 0 Å². The number of thiazole rings is 1. The topological polar surface area (TPSA) is 43.6 Å². The Labute approximate surface area is 113 Å². The van der Waals surface area contributed by atoms with E-state index in [1.807, 2.05) is 13.0 Å². The molecule has 0 aliphatic carbocycles. The number of aromatic nitrogens is 4. The van der Waals surface area contributed by atoms with E-state index in [4.69, 9.17) is 11.6 Å². The van der Waals surface area contributed by atoms with Gasteiger partial charge < -0.3 is 4.57 Å². The second-order valence-corrected chi connectivity index (χ2v) is 5.20. The maximum atomic E-state index is 5.95. The molecule has 0 aliphatic rings. The molecule has 0 amide bonds. The summed E-state index contributed by atoms with van der Waals surface area (Å²) < 4.78 is 2.10. The maximum absolute atomic E-state index is 5.95. The highest BCUT2D eigenvalue weighted by atomic mass is 35.5. The van der Waals surface area contributed by atoms with Gasteiger partial charge in [-0.05, 0) is 13.0 Å². The highest BCUT2D eigenvalue weighted by molar-refractivity contribution is 7.09. The number of alkyl halides is 1. The molecule has 0 atom stereocenters. The van der Waals surface area contributed by atoms with Crippen molar-refractivity contribution in [1.82, 2.24) is 19.5 Å². The van der Waals surface area contributed by atoms with E-state index in [9.17, 15) is 0 Å². The molecule has 0 bridgehead atoms. The first-order valence-electron chi connectivity index (χ1n) is 5.54. The summed E-state index contributed by atoms with van der Waals surface area (Å²) in [5, 5.41) is 3.12. The van der Waals surface area contributed by atoms with Crippen LogP contribution in [0.15, 0.2) is 23.8 Å². The van der Waals surface area contributed by atoms with Gasteiger partial charge in [-0.1, -0.05) is 0 Å². The van der Waals surface area contributed by atoms with Crippen LogP contribution in [0.25, 0.3) is 11.0 Å². The smallest absolute Gasteiger partial charge is 0.125 e. The minimum atomic E-state index is 0.388. The van der Waals surface area contributed by atoms with Gasteiger partial charge in [-0.25, -0.2) is 9.97 Å². The summed E-state index contributed by atoms with van der Waals surface area (Å²) in [5.74, 6) is 1.24. The van der Waals surface area contributed by atoms with Crippen molar-refractivity contribution in [1.29, 1.82) is 0 Å². The zero-order valence-corrected chi connectivity index (χ0v) is 11.4. The molecular weight excluding hydrogens is 268 g/mol. The van der Waals surface area contributed by atoms with E-state index in [0.29, 0.717) is 12.4 Å². The van der Waals surface area contributed by atoms with E-state index in [-0.39, 0.29) is 0 Å². The van der Waals surface area contributed by atoms with Gasteiger partial charge >= 0.3 is 0 Å². The van der Waals surface area contributed by atoms with Crippen molar-refractivity contribution >= 4 is 34.0 Å². The predicted octanol–water partition coefficient (Wildman–Crippen LogP) is 2.98. The first kappa shape index (κ1) is 11.6. The van der Waals surface area contributed by atoms with Crippen LogP contribution in [0, 0.1) is 6.92 Å². The summed E-state index contributed by atoms with van der Waals surface area (Å²) in [4.78, 5) is 13.0. The van der Waals surface area contributed by atoms with Crippen molar-refractivity contribution in [3.05, 3.63) is 40.4 Å². The van der Waals surface area contributed by atoms with Crippen molar-refractivity contribution in [2.45, 2.75) is 19.3 Å². The standard InChI is InChI=1S/C12H11ClN4S/c1-8-7-18-12(15-8)6-17-10-2-3-14-5-9(10)16-11(17)4-13/h2-3,5,7H,4,6H2,1H3. The van der Waals surface area contributed by atoms with E-state index >= 15 is 0 Å². The molecule has 0 saturated heterocycles. The van der Waals surface area contributed by atoms with E-state index in [1.165, 1.54) is 0 Å². The van der Waals surface area contributed by atoms with Gasteiger partial charge in [-0.2, -0.15) is 0 Å². The van der Waals surface area contributed by atoms with E-state index in [1.54, 1.807) is 23.7 Å². The van der Waals surface area contributed by atoms with Crippen LogP contribution in [0.3, 0.4) is 0 Å². The molecule has 0 spiro atoms. The fourth-order valence-electron chi connectivity index (χ4n) is 1.92. The molecule has 0 radical (unpaired) electrons. The second-order valence-electron chi connectivity index (χ2n) is 3.99. The third-order valence-corrected chi connectivity index (χ3v) is 3.90. The molecule has 0 fully saturated rings. The molecule has 0 N–H and O–H groups in total. The number of fused-ring (bicyclic) bond motifs is 1. The third kappa shape index (κ3) is 2.00. The molecule has 0 aromatic carbocycles. The average molecular weight is 279 g/mol. The third-order valence-electron chi connectivity index (χ3n) is 2.71. The quantitative estimate of drug-likeness (QED) is 0.692. The van der Waals surface area contributed by atoms with Crippen LogP contribution in [0.1, 0.15) is 16.5 Å². The van der Waals surface area contributed by atoms with Crippen LogP contribution < -0.4 is 0 Å². The lowest BCUT2D eigenvalue weighted by Crippen LogP contribution is -2.03. The maximum Gasteiger partial charge on any atom is 0.125 e. The monoisotopic (exact) mass is 278 g/mol. The molecular formula is C12H11ClN4S. The second kappa shape index (κ2) is 4.66. The summed E-state index contributed by atoms with van der Waals surface area (Å²) in [6.07, 6.45) is 3.53. The Morgan fingerprint density at radius 2 is 2.28 bits per heavy atom. The number of pyridine rings is 1. The molecule has 0 unspecified atom stereocenters. The van der Waals surface area contributed by atoms with Gasteiger partial charge in [0, 0.05) is 17.3 Å². The highest BCUT2D eigenvalue weighted by Gasteiger charge is 2.11. The molecule has 4 nitrogen and oxygen atoms in total. The van der Waals surface area contributed by atoms with Crippen LogP contribution in [0.2, 0.25) is 0 Å². The molecule has 0 aliphatic heterocycles. The predicted molar refractivity (Wildman–Crippen MR) is 73.0 cm³/mol. The number of nitrogens with zero attached hydrogens (tertiary/aromatic N) is 4. The van der Waals surface area contributed by atoms with Crippen molar-refractivity contribution in [2.75, 3.05) is 0 Å². The van der Waals surface area contributed by atoms with Crippen molar-refractivity contribution in [3.63, 3.8) is 0 Å². The summed E-state index contributed by atoms with van der Waals surface area (Å²) in [7, 11) is 0. The van der Waals surface area contributed by atoms with Crippen LogP contribution in [0.4, 0.5) is 0 Å². The number of hydrogen-bond acceptors (Lipinski definition) is 4. The molecule has 92 valence electrons. The van der Waals surface area contributed by atoms with E-state index < -0.39 is 0 Å². The van der Waals surface area contributed by atoms with Crippen molar-refractivity contribution in [3.8, 4) is 0 Å². The zero-order chi connectivity index (χ0) is 12.5. The van der Waals surface area contributed by atoms with Crippen LogP contribution in [0.5, 0.6) is 0 Å². The number of aryl methyl sites for hydroxylation is 1. The number of halogens is 1. The van der Waals surface area contributed by atoms with Gasteiger partial charge in [0.25, 0.3) is 0 Å². The Balaban J connectivity index is 2.09. The highest BCUT2D eigenvalue weighted by Crippen LogP contribution is 2.19.